The Labute approximate surface area is 144 Å². The maximum atomic E-state index is 12.9. The molecule has 1 fully saturated rings. The van der Waals surface area contributed by atoms with Crippen LogP contribution in [0.1, 0.15) is 33.0 Å². The zero-order chi connectivity index (χ0) is 16.5. The van der Waals surface area contributed by atoms with Crippen molar-refractivity contribution in [1.29, 1.82) is 0 Å². The highest BCUT2D eigenvalue weighted by molar-refractivity contribution is 7.14. The third-order valence-electron chi connectivity index (χ3n) is 4.20. The van der Waals surface area contributed by atoms with Crippen molar-refractivity contribution >= 4 is 17.2 Å². The average Bonchev–Trinajstić information content (AvgIpc) is 3.13. The number of fused-ring (bicyclic) bond motifs is 1. The molecule has 0 spiro atoms. The molecule has 1 aromatic heterocycles. The van der Waals surface area contributed by atoms with Gasteiger partial charge < -0.3 is 19.1 Å². The van der Waals surface area contributed by atoms with Crippen LogP contribution in [0.15, 0.2) is 30.3 Å². The normalized spacial score (nSPS) is 15.5. The van der Waals surface area contributed by atoms with Crippen molar-refractivity contribution in [3.05, 3.63) is 45.6 Å². The van der Waals surface area contributed by atoms with Crippen molar-refractivity contribution in [1.82, 2.24) is 4.90 Å². The number of hydrogen-bond donors (Lipinski definition) is 0. The fourth-order valence-electron chi connectivity index (χ4n) is 2.84. The third-order valence-corrected chi connectivity index (χ3v) is 5.24. The number of hydrogen-bond acceptors (Lipinski definition) is 5. The first-order valence-corrected chi connectivity index (χ1v) is 8.83. The molecule has 1 aliphatic carbocycles. The van der Waals surface area contributed by atoms with Crippen LogP contribution in [0.5, 0.6) is 11.5 Å². The van der Waals surface area contributed by atoms with Crippen LogP contribution in [0.4, 0.5) is 0 Å². The minimum atomic E-state index is 0.0996. The summed E-state index contributed by atoms with van der Waals surface area (Å²) in [7, 11) is 1.66. The van der Waals surface area contributed by atoms with E-state index in [0.717, 1.165) is 39.7 Å². The van der Waals surface area contributed by atoms with Crippen LogP contribution in [-0.2, 0) is 17.9 Å². The van der Waals surface area contributed by atoms with Crippen LogP contribution in [0.25, 0.3) is 0 Å². The molecule has 126 valence electrons. The molecule has 1 amide bonds. The summed E-state index contributed by atoms with van der Waals surface area (Å²) in [5.41, 5.74) is 1.06. The SMILES string of the molecule is COCc1ccc(C(=O)N(Cc2ccc3c(c2)OCO3)C2CC2)s1. The Hall–Kier alpha value is -2.05. The molecular weight excluding hydrogens is 326 g/mol. The summed E-state index contributed by atoms with van der Waals surface area (Å²) >= 11 is 1.51. The quantitative estimate of drug-likeness (QED) is 0.805. The Kier molecular flexibility index (Phi) is 4.16. The van der Waals surface area contributed by atoms with Gasteiger partial charge in [0.25, 0.3) is 5.91 Å². The van der Waals surface area contributed by atoms with Crippen molar-refractivity contribution in [3.8, 4) is 11.5 Å². The lowest BCUT2D eigenvalue weighted by Gasteiger charge is -2.22. The number of carbonyl (C=O) groups excluding carboxylic acids is 1. The van der Waals surface area contributed by atoms with Crippen LogP contribution < -0.4 is 9.47 Å². The molecule has 2 aromatic rings. The second-order valence-corrected chi connectivity index (χ2v) is 7.22. The van der Waals surface area contributed by atoms with Crippen molar-refractivity contribution in [2.75, 3.05) is 13.9 Å². The maximum absolute atomic E-state index is 12.9. The van der Waals surface area contributed by atoms with E-state index in [0.29, 0.717) is 19.2 Å². The summed E-state index contributed by atoms with van der Waals surface area (Å²) in [6, 6.07) is 10.1. The van der Waals surface area contributed by atoms with Crippen LogP contribution in [-0.4, -0.2) is 30.8 Å². The lowest BCUT2D eigenvalue weighted by molar-refractivity contribution is 0.0734. The summed E-state index contributed by atoms with van der Waals surface area (Å²) in [5, 5.41) is 0. The number of methoxy groups -OCH3 is 1. The Morgan fingerprint density at radius 3 is 2.88 bits per heavy atom. The number of carbonyl (C=O) groups is 1. The molecule has 1 aliphatic heterocycles. The van der Waals surface area contributed by atoms with Gasteiger partial charge in [0.1, 0.15) is 0 Å². The molecule has 1 aromatic carbocycles. The number of nitrogens with zero attached hydrogens (tertiary/aromatic N) is 1. The Balaban J connectivity index is 1.52. The molecule has 0 atom stereocenters. The first-order chi connectivity index (χ1) is 11.7. The smallest absolute Gasteiger partial charge is 0.264 e. The van der Waals surface area contributed by atoms with E-state index in [-0.39, 0.29) is 12.7 Å². The molecule has 0 unspecified atom stereocenters. The summed E-state index contributed by atoms with van der Waals surface area (Å²) in [6.45, 7) is 1.41. The molecule has 2 aliphatic rings. The van der Waals surface area contributed by atoms with Gasteiger partial charge in [-0.1, -0.05) is 6.07 Å². The number of amides is 1. The molecule has 6 heteroatoms. The largest absolute Gasteiger partial charge is 0.454 e. The molecule has 24 heavy (non-hydrogen) atoms. The van der Waals surface area contributed by atoms with Gasteiger partial charge in [0, 0.05) is 24.6 Å². The van der Waals surface area contributed by atoms with Gasteiger partial charge in [-0.2, -0.15) is 0 Å². The molecule has 0 saturated heterocycles. The fourth-order valence-corrected chi connectivity index (χ4v) is 3.78. The van der Waals surface area contributed by atoms with E-state index in [1.54, 1.807) is 7.11 Å². The standard InChI is InChI=1S/C18H19NO4S/c1-21-10-14-5-7-17(24-14)18(20)19(13-3-4-13)9-12-2-6-15-16(8-12)23-11-22-15/h2,5-8,13H,3-4,9-11H2,1H3. The number of ether oxygens (including phenoxy) is 3. The van der Waals surface area contributed by atoms with E-state index in [9.17, 15) is 4.79 Å². The van der Waals surface area contributed by atoms with E-state index < -0.39 is 0 Å². The molecule has 1 saturated carbocycles. The van der Waals surface area contributed by atoms with Gasteiger partial charge in [-0.3, -0.25) is 4.79 Å². The number of benzene rings is 1. The first-order valence-electron chi connectivity index (χ1n) is 8.02. The van der Waals surface area contributed by atoms with Gasteiger partial charge >= 0.3 is 0 Å². The monoisotopic (exact) mass is 345 g/mol. The lowest BCUT2D eigenvalue weighted by Crippen LogP contribution is -2.32. The summed E-state index contributed by atoms with van der Waals surface area (Å²) in [6.07, 6.45) is 2.15. The number of rotatable bonds is 6. The highest BCUT2D eigenvalue weighted by Gasteiger charge is 2.34. The van der Waals surface area contributed by atoms with Crippen LogP contribution in [0.3, 0.4) is 0 Å². The number of thiophene rings is 1. The van der Waals surface area contributed by atoms with Crippen LogP contribution in [0.2, 0.25) is 0 Å². The van der Waals surface area contributed by atoms with Gasteiger partial charge in [-0.25, -0.2) is 0 Å². The van der Waals surface area contributed by atoms with E-state index in [4.69, 9.17) is 14.2 Å². The predicted octanol–water partition coefficient (Wildman–Crippen LogP) is 3.43. The van der Waals surface area contributed by atoms with Crippen molar-refractivity contribution in [3.63, 3.8) is 0 Å². The molecule has 0 bridgehead atoms. The molecule has 2 heterocycles. The fraction of sp³-hybridized carbons (Fsp3) is 0.389. The highest BCUT2D eigenvalue weighted by Crippen LogP contribution is 2.35. The molecule has 4 rings (SSSR count). The second-order valence-electron chi connectivity index (χ2n) is 6.05. The van der Waals surface area contributed by atoms with Gasteiger partial charge in [0.15, 0.2) is 11.5 Å². The molecule has 0 N–H and O–H groups in total. The van der Waals surface area contributed by atoms with Gasteiger partial charge in [0.2, 0.25) is 6.79 Å². The summed E-state index contributed by atoms with van der Waals surface area (Å²) < 4.78 is 15.9. The minimum Gasteiger partial charge on any atom is -0.454 e. The zero-order valence-electron chi connectivity index (χ0n) is 13.5. The third kappa shape index (κ3) is 3.12. The second kappa shape index (κ2) is 6.45. The topological polar surface area (TPSA) is 48.0 Å². The Morgan fingerprint density at radius 2 is 2.08 bits per heavy atom. The van der Waals surface area contributed by atoms with E-state index in [1.807, 2.05) is 35.2 Å². The minimum absolute atomic E-state index is 0.0996. The van der Waals surface area contributed by atoms with Crippen molar-refractivity contribution < 1.29 is 19.0 Å². The first kappa shape index (κ1) is 15.5. The van der Waals surface area contributed by atoms with Gasteiger partial charge in [-0.15, -0.1) is 11.3 Å². The van der Waals surface area contributed by atoms with Crippen LogP contribution >= 0.6 is 11.3 Å². The predicted molar refractivity (Wildman–Crippen MR) is 90.5 cm³/mol. The molecular formula is C18H19NO4S. The van der Waals surface area contributed by atoms with Crippen molar-refractivity contribution in [2.45, 2.75) is 32.0 Å². The highest BCUT2D eigenvalue weighted by atomic mass is 32.1. The molecule has 0 radical (unpaired) electrons. The Morgan fingerprint density at radius 1 is 1.25 bits per heavy atom. The summed E-state index contributed by atoms with van der Waals surface area (Å²) in [5.74, 6) is 1.63. The lowest BCUT2D eigenvalue weighted by atomic mass is 10.2. The average molecular weight is 345 g/mol. The molecule has 5 nitrogen and oxygen atoms in total. The van der Waals surface area contributed by atoms with E-state index >= 15 is 0 Å². The van der Waals surface area contributed by atoms with E-state index in [1.165, 1.54) is 11.3 Å². The maximum Gasteiger partial charge on any atom is 0.264 e. The van der Waals surface area contributed by atoms with E-state index in [2.05, 4.69) is 0 Å². The summed E-state index contributed by atoms with van der Waals surface area (Å²) in [4.78, 5) is 16.7. The van der Waals surface area contributed by atoms with Crippen LogP contribution in [0, 0.1) is 0 Å². The Bertz CT molecular complexity index is 753. The zero-order valence-corrected chi connectivity index (χ0v) is 14.3. The van der Waals surface area contributed by atoms with Crippen molar-refractivity contribution in [2.24, 2.45) is 0 Å². The van der Waals surface area contributed by atoms with Gasteiger partial charge in [-0.05, 0) is 42.7 Å². The van der Waals surface area contributed by atoms with Gasteiger partial charge in [0.05, 0.1) is 11.5 Å².